The van der Waals surface area contributed by atoms with E-state index >= 15 is 0 Å². The molecule has 0 spiro atoms. The van der Waals surface area contributed by atoms with Gasteiger partial charge in [-0.25, -0.2) is 4.79 Å². The minimum Gasteiger partial charge on any atom is -0.478 e. The van der Waals surface area contributed by atoms with Gasteiger partial charge in [0.2, 0.25) is 0 Å². The predicted octanol–water partition coefficient (Wildman–Crippen LogP) is 1.94. The van der Waals surface area contributed by atoms with Gasteiger partial charge in [-0.2, -0.15) is 0 Å². The van der Waals surface area contributed by atoms with Crippen molar-refractivity contribution in [2.24, 2.45) is 0 Å². The fourth-order valence-corrected chi connectivity index (χ4v) is 0.883. The van der Waals surface area contributed by atoms with E-state index < -0.39 is 5.97 Å². The van der Waals surface area contributed by atoms with Crippen molar-refractivity contribution in [2.75, 3.05) is 0 Å². The molecular weight excluding hydrogens is 199 g/mol. The summed E-state index contributed by atoms with van der Waals surface area (Å²) >= 11 is 0. The number of hydrogen-bond donors (Lipinski definition) is 1. The van der Waals surface area contributed by atoms with Crippen molar-refractivity contribution >= 4 is 5.97 Å². The molecule has 0 bridgehead atoms. The first kappa shape index (κ1) is 11.2. The second kappa shape index (κ2) is 4.95. The zero-order valence-corrected chi connectivity index (χ0v) is 7.75. The molecule has 0 aliphatic carbocycles. The number of hydrogen-bond acceptors (Lipinski definition) is 1. The second-order valence-electron chi connectivity index (χ2n) is 2.36. The van der Waals surface area contributed by atoms with Crippen LogP contribution >= 0.6 is 0 Å². The molecule has 1 rings (SSSR count). The van der Waals surface area contributed by atoms with Crippen LogP contribution in [-0.2, 0) is 23.2 Å². The second-order valence-corrected chi connectivity index (χ2v) is 2.36. The Morgan fingerprint density at radius 2 is 1.83 bits per heavy atom. The molecule has 1 aromatic rings. The molecule has 1 radical (unpaired) electrons. The SMILES string of the molecule is CCc1ccc(C(=O)O)cc1.[Co]. The van der Waals surface area contributed by atoms with Crippen LogP contribution in [0, 0.1) is 0 Å². The van der Waals surface area contributed by atoms with Gasteiger partial charge in [-0.1, -0.05) is 19.1 Å². The van der Waals surface area contributed by atoms with Crippen LogP contribution in [0.5, 0.6) is 0 Å². The third-order valence-corrected chi connectivity index (χ3v) is 1.61. The summed E-state index contributed by atoms with van der Waals surface area (Å²) in [6.07, 6.45) is 0.944. The molecule has 2 nitrogen and oxygen atoms in total. The van der Waals surface area contributed by atoms with Crippen LogP contribution in [0.15, 0.2) is 24.3 Å². The molecule has 12 heavy (non-hydrogen) atoms. The Morgan fingerprint density at radius 3 is 2.17 bits per heavy atom. The van der Waals surface area contributed by atoms with Gasteiger partial charge in [-0.3, -0.25) is 0 Å². The molecule has 0 saturated carbocycles. The van der Waals surface area contributed by atoms with Gasteiger partial charge in [0.05, 0.1) is 5.56 Å². The first-order valence-corrected chi connectivity index (χ1v) is 3.56. The predicted molar refractivity (Wildman–Crippen MR) is 42.8 cm³/mol. The Morgan fingerprint density at radius 1 is 1.33 bits per heavy atom. The third kappa shape index (κ3) is 2.68. The largest absolute Gasteiger partial charge is 0.478 e. The van der Waals surface area contributed by atoms with Gasteiger partial charge >= 0.3 is 5.97 Å². The Bertz CT molecular complexity index is 254. The number of carboxylic acids is 1. The fourth-order valence-electron chi connectivity index (χ4n) is 0.883. The van der Waals surface area contributed by atoms with Crippen LogP contribution in [-0.4, -0.2) is 11.1 Å². The van der Waals surface area contributed by atoms with Crippen LogP contribution in [0.3, 0.4) is 0 Å². The van der Waals surface area contributed by atoms with Crippen molar-refractivity contribution in [3.05, 3.63) is 35.4 Å². The summed E-state index contributed by atoms with van der Waals surface area (Å²) in [5.41, 5.74) is 1.51. The van der Waals surface area contributed by atoms with E-state index in [0.29, 0.717) is 5.56 Å². The monoisotopic (exact) mass is 209 g/mol. The van der Waals surface area contributed by atoms with Gasteiger partial charge in [0.15, 0.2) is 0 Å². The summed E-state index contributed by atoms with van der Waals surface area (Å²) in [6, 6.07) is 6.93. The number of rotatable bonds is 2. The first-order valence-electron chi connectivity index (χ1n) is 3.56. The van der Waals surface area contributed by atoms with Crippen molar-refractivity contribution in [1.82, 2.24) is 0 Å². The van der Waals surface area contributed by atoms with Crippen LogP contribution in [0.4, 0.5) is 0 Å². The zero-order chi connectivity index (χ0) is 8.27. The van der Waals surface area contributed by atoms with Crippen molar-refractivity contribution in [1.29, 1.82) is 0 Å². The molecule has 0 aliphatic rings. The molecule has 0 heterocycles. The van der Waals surface area contributed by atoms with Crippen molar-refractivity contribution in [2.45, 2.75) is 13.3 Å². The van der Waals surface area contributed by atoms with E-state index in [2.05, 4.69) is 0 Å². The maximum Gasteiger partial charge on any atom is 0.335 e. The molecule has 0 aliphatic heterocycles. The minimum atomic E-state index is -0.868. The normalized spacial score (nSPS) is 8.75. The molecule has 1 aromatic carbocycles. The van der Waals surface area contributed by atoms with E-state index in [-0.39, 0.29) is 16.8 Å². The van der Waals surface area contributed by atoms with Crippen LogP contribution < -0.4 is 0 Å². The molecule has 67 valence electrons. The van der Waals surface area contributed by atoms with E-state index in [1.165, 1.54) is 0 Å². The molecule has 0 atom stereocenters. The summed E-state index contributed by atoms with van der Waals surface area (Å²) in [5, 5.41) is 8.55. The average Bonchev–Trinajstić information content (AvgIpc) is 2.05. The maximum absolute atomic E-state index is 10.4. The topological polar surface area (TPSA) is 37.3 Å². The minimum absolute atomic E-state index is 0. The Hall–Kier alpha value is -0.804. The smallest absolute Gasteiger partial charge is 0.335 e. The van der Waals surface area contributed by atoms with Gasteiger partial charge in [0.1, 0.15) is 0 Å². The molecule has 0 aromatic heterocycles. The van der Waals surface area contributed by atoms with Crippen molar-refractivity contribution in [3.8, 4) is 0 Å². The van der Waals surface area contributed by atoms with Crippen molar-refractivity contribution in [3.63, 3.8) is 0 Å². The number of aromatic carboxylic acids is 1. The average molecular weight is 209 g/mol. The Balaban J connectivity index is 0.00000121. The molecule has 0 fully saturated rings. The summed E-state index contributed by atoms with van der Waals surface area (Å²) in [6.45, 7) is 2.04. The first-order chi connectivity index (χ1) is 5.24. The molecule has 0 unspecified atom stereocenters. The van der Waals surface area contributed by atoms with Gasteiger partial charge < -0.3 is 5.11 Å². The van der Waals surface area contributed by atoms with E-state index in [4.69, 9.17) is 5.11 Å². The Labute approximate surface area is 81.8 Å². The van der Waals surface area contributed by atoms with Crippen LogP contribution in [0.2, 0.25) is 0 Å². The number of carbonyl (C=O) groups is 1. The van der Waals surface area contributed by atoms with Crippen LogP contribution in [0.25, 0.3) is 0 Å². The molecule has 0 amide bonds. The zero-order valence-electron chi connectivity index (χ0n) is 6.71. The quantitative estimate of drug-likeness (QED) is 0.808. The standard InChI is InChI=1S/C9H10O2.Co/c1-2-7-3-5-8(6-4-7)9(10)11;/h3-6H,2H2,1H3,(H,10,11);. The number of aryl methyl sites for hydroxylation is 1. The van der Waals surface area contributed by atoms with Gasteiger partial charge in [0.25, 0.3) is 0 Å². The molecule has 1 N–H and O–H groups in total. The Kier molecular flexibility index (Phi) is 4.62. The molecule has 0 saturated heterocycles. The van der Waals surface area contributed by atoms with Crippen LogP contribution in [0.1, 0.15) is 22.8 Å². The molecule has 3 heteroatoms. The molecular formula is C9H10CoO2. The van der Waals surface area contributed by atoms with E-state index in [1.54, 1.807) is 12.1 Å². The number of carboxylic acid groups (broad SMARTS) is 1. The summed E-state index contributed by atoms with van der Waals surface area (Å²) in [4.78, 5) is 10.4. The summed E-state index contributed by atoms with van der Waals surface area (Å²) in [7, 11) is 0. The van der Waals surface area contributed by atoms with Gasteiger partial charge in [-0.15, -0.1) is 0 Å². The third-order valence-electron chi connectivity index (χ3n) is 1.61. The van der Waals surface area contributed by atoms with E-state index in [9.17, 15) is 4.79 Å². The maximum atomic E-state index is 10.4. The number of benzene rings is 1. The summed E-state index contributed by atoms with van der Waals surface area (Å²) in [5.74, 6) is -0.868. The van der Waals surface area contributed by atoms with Gasteiger partial charge in [0, 0.05) is 16.8 Å². The van der Waals surface area contributed by atoms with Crippen molar-refractivity contribution < 1.29 is 26.7 Å². The fraction of sp³-hybridized carbons (Fsp3) is 0.222. The van der Waals surface area contributed by atoms with E-state index in [1.807, 2.05) is 19.1 Å². The van der Waals surface area contributed by atoms with E-state index in [0.717, 1.165) is 12.0 Å². The summed E-state index contributed by atoms with van der Waals surface area (Å²) < 4.78 is 0. The van der Waals surface area contributed by atoms with Gasteiger partial charge in [-0.05, 0) is 24.1 Å².